The molecule has 0 N–H and O–H groups in total. The van der Waals surface area contributed by atoms with Crippen molar-refractivity contribution in [2.75, 3.05) is 13.7 Å². The lowest BCUT2D eigenvalue weighted by atomic mass is 10.1. The zero-order chi connectivity index (χ0) is 9.97. The van der Waals surface area contributed by atoms with Crippen molar-refractivity contribution in [3.05, 3.63) is 28.2 Å². The maximum atomic E-state index is 5.31. The molecule has 2 rings (SSSR count). The Labute approximate surface area is 92.1 Å². The van der Waals surface area contributed by atoms with Crippen LogP contribution in [0.15, 0.2) is 27.7 Å². The summed E-state index contributed by atoms with van der Waals surface area (Å²) in [5.41, 5.74) is 2.29. The van der Waals surface area contributed by atoms with Gasteiger partial charge >= 0.3 is 0 Å². The summed E-state index contributed by atoms with van der Waals surface area (Å²) in [4.78, 5) is 4.47. The minimum absolute atomic E-state index is 0.911. The minimum atomic E-state index is 0.911. The van der Waals surface area contributed by atoms with Crippen LogP contribution in [0, 0.1) is 0 Å². The highest BCUT2D eigenvalue weighted by Gasteiger charge is 2.13. The molecule has 3 heteroatoms. The number of hydrogen-bond donors (Lipinski definition) is 0. The molecular formula is C11H12BrNO. The highest BCUT2D eigenvalue weighted by atomic mass is 79.9. The van der Waals surface area contributed by atoms with E-state index in [2.05, 4.69) is 27.0 Å². The first-order chi connectivity index (χ1) is 6.81. The maximum Gasteiger partial charge on any atom is 0.127 e. The van der Waals surface area contributed by atoms with Gasteiger partial charge in [0.25, 0.3) is 0 Å². The molecule has 2 nitrogen and oxygen atoms in total. The second kappa shape index (κ2) is 4.13. The van der Waals surface area contributed by atoms with E-state index in [9.17, 15) is 0 Å². The van der Waals surface area contributed by atoms with Crippen LogP contribution in [-0.2, 0) is 0 Å². The van der Waals surface area contributed by atoms with E-state index in [4.69, 9.17) is 4.74 Å². The van der Waals surface area contributed by atoms with Crippen molar-refractivity contribution in [3.63, 3.8) is 0 Å². The molecule has 0 saturated heterocycles. The van der Waals surface area contributed by atoms with Crippen molar-refractivity contribution in [3.8, 4) is 5.75 Å². The highest BCUT2D eigenvalue weighted by molar-refractivity contribution is 9.10. The van der Waals surface area contributed by atoms with E-state index in [1.54, 1.807) is 7.11 Å². The Kier molecular flexibility index (Phi) is 2.87. The van der Waals surface area contributed by atoms with Crippen molar-refractivity contribution in [1.29, 1.82) is 0 Å². The minimum Gasteiger partial charge on any atom is -0.496 e. The van der Waals surface area contributed by atoms with Crippen LogP contribution < -0.4 is 4.74 Å². The molecule has 0 saturated carbocycles. The van der Waals surface area contributed by atoms with Crippen molar-refractivity contribution in [2.24, 2.45) is 4.99 Å². The SMILES string of the molecule is COc1ccc(Br)cc1C1=NCCC1. The van der Waals surface area contributed by atoms with Gasteiger partial charge < -0.3 is 4.74 Å². The van der Waals surface area contributed by atoms with E-state index >= 15 is 0 Å². The van der Waals surface area contributed by atoms with E-state index < -0.39 is 0 Å². The predicted octanol–water partition coefficient (Wildman–Crippen LogP) is 3.04. The Morgan fingerprint density at radius 2 is 2.29 bits per heavy atom. The molecule has 0 spiro atoms. The number of halogens is 1. The third-order valence-corrected chi connectivity index (χ3v) is 2.84. The number of hydrogen-bond acceptors (Lipinski definition) is 2. The largest absolute Gasteiger partial charge is 0.496 e. The Morgan fingerprint density at radius 1 is 1.43 bits per heavy atom. The van der Waals surface area contributed by atoms with Crippen LogP contribution in [0.3, 0.4) is 0 Å². The standard InChI is InChI=1S/C11H12BrNO/c1-14-11-5-4-8(12)7-9(11)10-3-2-6-13-10/h4-5,7H,2-3,6H2,1H3. The number of methoxy groups -OCH3 is 1. The van der Waals surface area contributed by atoms with Crippen molar-refractivity contribution in [2.45, 2.75) is 12.8 Å². The van der Waals surface area contributed by atoms with Crippen LogP contribution in [-0.4, -0.2) is 19.4 Å². The molecule has 1 aliphatic heterocycles. The summed E-state index contributed by atoms with van der Waals surface area (Å²) in [6.07, 6.45) is 2.22. The summed E-state index contributed by atoms with van der Waals surface area (Å²) in [6.45, 7) is 0.949. The molecule has 0 fully saturated rings. The van der Waals surface area contributed by atoms with Crippen molar-refractivity contribution in [1.82, 2.24) is 0 Å². The lowest BCUT2D eigenvalue weighted by molar-refractivity contribution is 0.414. The summed E-state index contributed by atoms with van der Waals surface area (Å²) in [7, 11) is 1.70. The van der Waals surface area contributed by atoms with Crippen molar-refractivity contribution >= 4 is 21.6 Å². The summed E-state index contributed by atoms with van der Waals surface area (Å²) < 4.78 is 6.38. The second-order valence-corrected chi connectivity index (χ2v) is 4.19. The van der Waals surface area contributed by atoms with Crippen LogP contribution in [0.2, 0.25) is 0 Å². The molecule has 1 aromatic rings. The number of nitrogens with zero attached hydrogens (tertiary/aromatic N) is 1. The van der Waals surface area contributed by atoms with Crippen LogP contribution >= 0.6 is 15.9 Å². The quantitative estimate of drug-likeness (QED) is 0.794. The fourth-order valence-electron chi connectivity index (χ4n) is 1.67. The average molecular weight is 254 g/mol. The number of rotatable bonds is 2. The van der Waals surface area contributed by atoms with E-state index in [1.165, 1.54) is 5.71 Å². The zero-order valence-corrected chi connectivity index (χ0v) is 9.67. The fraction of sp³-hybridized carbons (Fsp3) is 0.364. The molecular weight excluding hydrogens is 242 g/mol. The lowest BCUT2D eigenvalue weighted by Crippen LogP contribution is -2.00. The summed E-state index contributed by atoms with van der Waals surface area (Å²) in [6, 6.07) is 6.03. The molecule has 0 radical (unpaired) electrons. The van der Waals surface area contributed by atoms with Gasteiger partial charge in [0.2, 0.25) is 0 Å². The molecule has 14 heavy (non-hydrogen) atoms. The Morgan fingerprint density at radius 3 is 2.93 bits per heavy atom. The maximum absolute atomic E-state index is 5.31. The van der Waals surface area contributed by atoms with Gasteiger partial charge in [-0.15, -0.1) is 0 Å². The molecule has 1 heterocycles. The predicted molar refractivity (Wildman–Crippen MR) is 61.3 cm³/mol. The second-order valence-electron chi connectivity index (χ2n) is 3.28. The molecule has 1 aromatic carbocycles. The third-order valence-electron chi connectivity index (χ3n) is 2.35. The summed E-state index contributed by atoms with van der Waals surface area (Å²) in [5.74, 6) is 0.911. The molecule has 0 atom stereocenters. The van der Waals surface area contributed by atoms with Gasteiger partial charge in [0.15, 0.2) is 0 Å². The number of aliphatic imine (C=N–C) groups is 1. The molecule has 0 bridgehead atoms. The first-order valence-electron chi connectivity index (χ1n) is 4.68. The molecule has 74 valence electrons. The molecule has 1 aliphatic rings. The number of ether oxygens (including phenoxy) is 1. The fourth-order valence-corrected chi connectivity index (χ4v) is 2.03. The Bertz CT molecular complexity index is 374. The van der Waals surface area contributed by atoms with Gasteiger partial charge in [0.1, 0.15) is 5.75 Å². The zero-order valence-electron chi connectivity index (χ0n) is 8.09. The van der Waals surface area contributed by atoms with Gasteiger partial charge in [0.05, 0.1) is 7.11 Å². The van der Waals surface area contributed by atoms with E-state index in [1.807, 2.05) is 12.1 Å². The molecule has 0 aliphatic carbocycles. The first-order valence-corrected chi connectivity index (χ1v) is 5.48. The Balaban J connectivity index is 2.43. The van der Waals surface area contributed by atoms with Crippen LogP contribution in [0.1, 0.15) is 18.4 Å². The summed E-state index contributed by atoms with van der Waals surface area (Å²) in [5, 5.41) is 0. The topological polar surface area (TPSA) is 21.6 Å². The normalized spacial score (nSPS) is 15.4. The van der Waals surface area contributed by atoms with Gasteiger partial charge in [-0.25, -0.2) is 0 Å². The van der Waals surface area contributed by atoms with Gasteiger partial charge in [-0.3, -0.25) is 4.99 Å². The van der Waals surface area contributed by atoms with Gasteiger partial charge in [-0.2, -0.15) is 0 Å². The Hall–Kier alpha value is -0.830. The van der Waals surface area contributed by atoms with E-state index in [0.29, 0.717) is 0 Å². The molecule has 0 aromatic heterocycles. The van der Waals surface area contributed by atoms with Gasteiger partial charge in [-0.05, 0) is 31.0 Å². The van der Waals surface area contributed by atoms with Crippen LogP contribution in [0.25, 0.3) is 0 Å². The van der Waals surface area contributed by atoms with Crippen LogP contribution in [0.4, 0.5) is 0 Å². The highest BCUT2D eigenvalue weighted by Crippen LogP contribution is 2.26. The van der Waals surface area contributed by atoms with E-state index in [0.717, 1.165) is 35.2 Å². The lowest BCUT2D eigenvalue weighted by Gasteiger charge is -2.08. The van der Waals surface area contributed by atoms with E-state index in [-0.39, 0.29) is 0 Å². The summed E-state index contributed by atoms with van der Waals surface area (Å²) >= 11 is 3.46. The molecule has 0 amide bonds. The number of benzene rings is 1. The van der Waals surface area contributed by atoms with Crippen molar-refractivity contribution < 1.29 is 4.74 Å². The van der Waals surface area contributed by atoms with Crippen LogP contribution in [0.5, 0.6) is 5.75 Å². The first kappa shape index (κ1) is 9.71. The smallest absolute Gasteiger partial charge is 0.127 e. The molecule has 0 unspecified atom stereocenters. The third kappa shape index (κ3) is 1.82. The monoisotopic (exact) mass is 253 g/mol. The van der Waals surface area contributed by atoms with Gasteiger partial charge in [0, 0.05) is 22.3 Å². The van der Waals surface area contributed by atoms with Gasteiger partial charge in [-0.1, -0.05) is 15.9 Å². The average Bonchev–Trinajstić information content (AvgIpc) is 2.70.